The van der Waals surface area contributed by atoms with E-state index in [1.807, 2.05) is 12.2 Å². The predicted octanol–water partition coefficient (Wildman–Crippen LogP) is 2.85. The van der Waals surface area contributed by atoms with Crippen molar-refractivity contribution in [1.29, 1.82) is 0 Å². The summed E-state index contributed by atoms with van der Waals surface area (Å²) >= 11 is 1.62. The summed E-state index contributed by atoms with van der Waals surface area (Å²) in [6, 6.07) is 0. The van der Waals surface area contributed by atoms with Gasteiger partial charge in [-0.25, -0.2) is 0 Å². The van der Waals surface area contributed by atoms with Crippen molar-refractivity contribution in [2.45, 2.75) is 76.3 Å². The molecule has 4 unspecified atom stereocenters. The largest absolute Gasteiger partial charge is 0.481 e. The smallest absolute Gasteiger partial charge is 0.304 e. The van der Waals surface area contributed by atoms with Gasteiger partial charge in [0.05, 0.1) is 30.8 Å². The number of aliphatic hydroxyl groups excluding tert-OH is 2. The third-order valence-corrected chi connectivity index (χ3v) is 6.32. The molecular weight excluding hydrogens is 340 g/mol. The minimum absolute atomic E-state index is 0.0554. The van der Waals surface area contributed by atoms with E-state index in [0.29, 0.717) is 18.1 Å². The van der Waals surface area contributed by atoms with Gasteiger partial charge >= 0.3 is 5.97 Å². The highest BCUT2D eigenvalue weighted by Gasteiger charge is 2.47. The number of hydrogen-bond donors (Lipinski definition) is 3. The van der Waals surface area contributed by atoms with Crippen LogP contribution in [0.1, 0.15) is 51.9 Å². The zero-order chi connectivity index (χ0) is 18.2. The Hall–Kier alpha value is -0.560. The highest BCUT2D eigenvalue weighted by atomic mass is 32.2. The molecule has 2 fully saturated rings. The molecule has 1 aliphatic heterocycles. The number of ether oxygens (including phenoxy) is 1. The Kier molecular flexibility index (Phi) is 8.76. The normalized spacial score (nSPS) is 33.0. The SMILES string of the molecule is CCCCCC(O)/C=C/[C@H]1C(O)CC2OC(CSCCC(=O)O)C[C@@H]21. The molecule has 2 aliphatic rings. The van der Waals surface area contributed by atoms with E-state index in [1.165, 1.54) is 0 Å². The van der Waals surface area contributed by atoms with Crippen molar-refractivity contribution in [1.82, 2.24) is 0 Å². The van der Waals surface area contributed by atoms with E-state index in [0.717, 1.165) is 37.9 Å². The van der Waals surface area contributed by atoms with Crippen LogP contribution < -0.4 is 0 Å². The summed E-state index contributed by atoms with van der Waals surface area (Å²) < 4.78 is 6.05. The van der Waals surface area contributed by atoms with E-state index in [9.17, 15) is 15.0 Å². The molecule has 144 valence electrons. The molecule has 0 bridgehead atoms. The van der Waals surface area contributed by atoms with E-state index < -0.39 is 18.2 Å². The fourth-order valence-electron chi connectivity index (χ4n) is 3.88. The Balaban J connectivity index is 1.76. The lowest BCUT2D eigenvalue weighted by Crippen LogP contribution is -2.20. The molecule has 6 atom stereocenters. The van der Waals surface area contributed by atoms with Crippen LogP contribution >= 0.6 is 11.8 Å². The lowest BCUT2D eigenvalue weighted by atomic mass is 9.90. The van der Waals surface area contributed by atoms with Gasteiger partial charge in [0.15, 0.2) is 0 Å². The van der Waals surface area contributed by atoms with Crippen molar-refractivity contribution in [2.75, 3.05) is 11.5 Å². The summed E-state index contributed by atoms with van der Waals surface area (Å²) in [5.74, 6) is 1.02. The fourth-order valence-corrected chi connectivity index (χ4v) is 4.85. The first-order valence-corrected chi connectivity index (χ1v) is 10.7. The molecule has 1 aliphatic carbocycles. The molecule has 25 heavy (non-hydrogen) atoms. The number of rotatable bonds is 11. The number of unbranched alkanes of at least 4 members (excludes halogenated alkanes) is 2. The first-order valence-electron chi connectivity index (χ1n) is 9.50. The number of hydrogen-bond acceptors (Lipinski definition) is 5. The summed E-state index contributed by atoms with van der Waals surface area (Å²) in [5.41, 5.74) is 0. The van der Waals surface area contributed by atoms with E-state index in [1.54, 1.807) is 11.8 Å². The van der Waals surface area contributed by atoms with Crippen molar-refractivity contribution in [3.63, 3.8) is 0 Å². The van der Waals surface area contributed by atoms with Crippen molar-refractivity contribution < 1.29 is 24.9 Å². The molecule has 1 saturated heterocycles. The summed E-state index contributed by atoms with van der Waals surface area (Å²) in [7, 11) is 0. The van der Waals surface area contributed by atoms with Gasteiger partial charge in [0.2, 0.25) is 0 Å². The first kappa shape index (κ1) is 20.7. The highest BCUT2D eigenvalue weighted by Crippen LogP contribution is 2.44. The molecule has 6 heteroatoms. The minimum Gasteiger partial charge on any atom is -0.481 e. The van der Waals surface area contributed by atoms with Crippen LogP contribution in [0.2, 0.25) is 0 Å². The summed E-state index contributed by atoms with van der Waals surface area (Å²) in [5, 5.41) is 29.0. The van der Waals surface area contributed by atoms with Gasteiger partial charge in [-0.05, 0) is 18.8 Å². The fraction of sp³-hybridized carbons (Fsp3) is 0.842. The Labute approximate surface area is 154 Å². The molecule has 0 aromatic heterocycles. The van der Waals surface area contributed by atoms with E-state index >= 15 is 0 Å². The average Bonchev–Trinajstić information content (AvgIpc) is 3.06. The van der Waals surface area contributed by atoms with Gasteiger partial charge in [0.1, 0.15) is 0 Å². The molecule has 0 radical (unpaired) electrons. The second kappa shape index (κ2) is 10.6. The summed E-state index contributed by atoms with van der Waals surface area (Å²) in [4.78, 5) is 10.5. The summed E-state index contributed by atoms with van der Waals surface area (Å²) in [6.45, 7) is 2.15. The van der Waals surface area contributed by atoms with Crippen molar-refractivity contribution in [3.05, 3.63) is 12.2 Å². The van der Waals surface area contributed by atoms with E-state index in [-0.39, 0.29) is 24.5 Å². The molecule has 1 heterocycles. The third-order valence-electron chi connectivity index (χ3n) is 5.22. The van der Waals surface area contributed by atoms with Crippen molar-refractivity contribution >= 4 is 17.7 Å². The summed E-state index contributed by atoms with van der Waals surface area (Å²) in [6.07, 6.45) is 9.09. The highest BCUT2D eigenvalue weighted by molar-refractivity contribution is 7.99. The molecule has 2 rings (SSSR count). The molecular formula is C19H32O5S. The Bertz CT molecular complexity index is 442. The van der Waals surface area contributed by atoms with Gasteiger partial charge in [-0.3, -0.25) is 4.79 Å². The molecule has 0 amide bonds. The monoisotopic (exact) mass is 372 g/mol. The second-order valence-electron chi connectivity index (χ2n) is 7.24. The van der Waals surface area contributed by atoms with Crippen molar-refractivity contribution in [2.24, 2.45) is 11.8 Å². The quantitative estimate of drug-likeness (QED) is 0.382. The van der Waals surface area contributed by atoms with Gasteiger partial charge in [0, 0.05) is 23.8 Å². The lowest BCUT2D eigenvalue weighted by molar-refractivity contribution is -0.136. The van der Waals surface area contributed by atoms with Crippen LogP contribution in [-0.4, -0.2) is 57.2 Å². The van der Waals surface area contributed by atoms with Gasteiger partial charge < -0.3 is 20.1 Å². The second-order valence-corrected chi connectivity index (χ2v) is 8.39. The van der Waals surface area contributed by atoms with Crippen LogP contribution in [0.5, 0.6) is 0 Å². The third kappa shape index (κ3) is 6.59. The van der Waals surface area contributed by atoms with Crippen LogP contribution in [-0.2, 0) is 9.53 Å². The number of thioether (sulfide) groups is 1. The Morgan fingerprint density at radius 3 is 2.88 bits per heavy atom. The van der Waals surface area contributed by atoms with Crippen LogP contribution in [0.25, 0.3) is 0 Å². The van der Waals surface area contributed by atoms with Crippen LogP contribution in [0, 0.1) is 11.8 Å². The lowest BCUT2D eigenvalue weighted by Gasteiger charge is -2.18. The number of carboxylic acids is 1. The Morgan fingerprint density at radius 1 is 1.36 bits per heavy atom. The number of carboxylic acid groups (broad SMARTS) is 1. The van der Waals surface area contributed by atoms with Crippen LogP contribution in [0.3, 0.4) is 0 Å². The maximum Gasteiger partial charge on any atom is 0.304 e. The molecule has 3 N–H and O–H groups in total. The first-order chi connectivity index (χ1) is 12.0. The number of aliphatic carboxylic acids is 1. The van der Waals surface area contributed by atoms with Gasteiger partial charge in [0.25, 0.3) is 0 Å². The van der Waals surface area contributed by atoms with E-state index in [4.69, 9.17) is 9.84 Å². The van der Waals surface area contributed by atoms with Crippen LogP contribution in [0.15, 0.2) is 12.2 Å². The molecule has 1 saturated carbocycles. The number of carbonyl (C=O) groups is 1. The number of fused-ring (bicyclic) bond motifs is 1. The maximum absolute atomic E-state index is 10.5. The van der Waals surface area contributed by atoms with Gasteiger partial charge in [-0.2, -0.15) is 11.8 Å². The zero-order valence-corrected chi connectivity index (χ0v) is 15.9. The number of aliphatic hydroxyl groups is 2. The van der Waals surface area contributed by atoms with E-state index in [2.05, 4.69) is 6.92 Å². The Morgan fingerprint density at radius 2 is 2.16 bits per heavy atom. The molecule has 0 aromatic carbocycles. The van der Waals surface area contributed by atoms with Crippen LogP contribution in [0.4, 0.5) is 0 Å². The zero-order valence-electron chi connectivity index (χ0n) is 15.0. The van der Waals surface area contributed by atoms with Gasteiger partial charge in [-0.15, -0.1) is 0 Å². The average molecular weight is 373 g/mol. The molecule has 0 aromatic rings. The molecule has 5 nitrogen and oxygen atoms in total. The maximum atomic E-state index is 10.5. The predicted molar refractivity (Wildman–Crippen MR) is 99.7 cm³/mol. The standard InChI is InChI=1S/C19H32O5S/c1-2-3-4-5-13(20)6-7-15-16-10-14(12-25-9-8-19(22)23)24-18(16)11-17(15)21/h6-7,13-18,20-21H,2-5,8-12H2,1H3,(H,22,23)/b7-6+/t13?,14?,15-,16-,17?,18?/m1/s1. The molecule has 0 spiro atoms. The topological polar surface area (TPSA) is 87.0 Å². The van der Waals surface area contributed by atoms with Gasteiger partial charge in [-0.1, -0.05) is 38.3 Å². The minimum atomic E-state index is -0.762. The van der Waals surface area contributed by atoms with Crippen molar-refractivity contribution in [3.8, 4) is 0 Å².